The highest BCUT2D eigenvalue weighted by Crippen LogP contribution is 2.15. The molecule has 0 amide bonds. The van der Waals surface area contributed by atoms with E-state index in [0.717, 1.165) is 0 Å². The van der Waals surface area contributed by atoms with E-state index in [1.165, 1.54) is 86.8 Å². The van der Waals surface area contributed by atoms with Gasteiger partial charge < -0.3 is 18.1 Å². The van der Waals surface area contributed by atoms with Crippen LogP contribution in [0.2, 0.25) is 0 Å². The zero-order chi connectivity index (χ0) is 23.3. The summed E-state index contributed by atoms with van der Waals surface area (Å²) >= 11 is 0. The maximum Gasteiger partial charge on any atom is 0.0945 e. The van der Waals surface area contributed by atoms with E-state index in [1.807, 2.05) is 0 Å². The Hall–Kier alpha value is -0.260. The number of piperidine rings is 2. The lowest BCUT2D eigenvalue weighted by atomic mass is 10.1. The van der Waals surface area contributed by atoms with Gasteiger partial charge in [-0.3, -0.25) is 0 Å². The van der Waals surface area contributed by atoms with Crippen molar-refractivity contribution in [1.82, 2.24) is 0 Å². The first-order valence-electron chi connectivity index (χ1n) is 11.3. The maximum atomic E-state index is 9.97. The molecule has 30 heavy (non-hydrogen) atoms. The number of quaternary nitrogens is 2. The highest BCUT2D eigenvalue weighted by Gasteiger charge is 2.22. The van der Waals surface area contributed by atoms with Crippen molar-refractivity contribution in [2.45, 2.75) is 65.2 Å². The molecule has 0 aromatic carbocycles. The number of likely N-dealkylation sites (tertiary alicyclic amines) is 2. The van der Waals surface area contributed by atoms with Crippen molar-refractivity contribution in [3.63, 3.8) is 0 Å². The molecule has 2 fully saturated rings. The van der Waals surface area contributed by atoms with Gasteiger partial charge in [0, 0.05) is 11.5 Å². The summed E-state index contributed by atoms with van der Waals surface area (Å²) in [6.45, 7) is 12.9. The molecule has 0 radical (unpaired) electrons. The van der Waals surface area contributed by atoms with E-state index in [-0.39, 0.29) is 12.8 Å². The quantitative estimate of drug-likeness (QED) is 0.318. The minimum Gasteiger partial charge on any atom is -0.748 e. The van der Waals surface area contributed by atoms with E-state index in [0.29, 0.717) is 0 Å². The van der Waals surface area contributed by atoms with E-state index in [2.05, 4.69) is 27.9 Å². The van der Waals surface area contributed by atoms with E-state index in [1.54, 1.807) is 0 Å². The van der Waals surface area contributed by atoms with Gasteiger partial charge in [0.15, 0.2) is 0 Å². The highest BCUT2D eigenvalue weighted by molar-refractivity contribution is 7.86. The number of rotatable bonds is 7. The summed E-state index contributed by atoms with van der Waals surface area (Å²) in [7, 11) is -3.83. The molecule has 0 N–H and O–H groups in total. The lowest BCUT2D eigenvalue weighted by Crippen LogP contribution is -2.47. The Morgan fingerprint density at radius 1 is 0.600 bits per heavy atom. The molecule has 2 aliphatic rings. The van der Waals surface area contributed by atoms with Crippen LogP contribution in [-0.4, -0.2) is 99.8 Å². The van der Waals surface area contributed by atoms with Gasteiger partial charge in [-0.2, -0.15) is 0 Å². The van der Waals surface area contributed by atoms with Gasteiger partial charge in [0.25, 0.3) is 0 Å². The minimum atomic E-state index is -4.29. The molecule has 0 unspecified atom stereocenters. The largest absolute Gasteiger partial charge is 0.748 e. The van der Waals surface area contributed by atoms with Crippen molar-refractivity contribution in [3.8, 4) is 0 Å². The van der Waals surface area contributed by atoms with Gasteiger partial charge in [0.1, 0.15) is 0 Å². The molecule has 8 nitrogen and oxygen atoms in total. The van der Waals surface area contributed by atoms with Gasteiger partial charge in [0.2, 0.25) is 0 Å². The third-order valence-corrected chi connectivity index (χ3v) is 7.93. The van der Waals surface area contributed by atoms with Crippen LogP contribution in [0, 0.1) is 0 Å². The van der Waals surface area contributed by atoms with Crippen LogP contribution < -0.4 is 0 Å². The Morgan fingerprint density at radius 2 is 0.867 bits per heavy atom. The summed E-state index contributed by atoms with van der Waals surface area (Å²) < 4.78 is 62.5. The fraction of sp³-hybridized carbons (Fsp3) is 1.00. The van der Waals surface area contributed by atoms with Crippen molar-refractivity contribution >= 4 is 20.2 Å². The molecule has 0 bridgehead atoms. The first kappa shape index (κ1) is 29.7. The molecule has 0 aromatic rings. The van der Waals surface area contributed by atoms with Crippen LogP contribution in [0.15, 0.2) is 0 Å². The zero-order valence-electron chi connectivity index (χ0n) is 19.5. The Balaban J connectivity index is 0.000000426. The van der Waals surface area contributed by atoms with E-state index < -0.39 is 31.7 Å². The third-order valence-electron chi connectivity index (χ3n) is 6.36. The molecular weight excluding hydrogens is 428 g/mol. The number of hydrogen-bond acceptors (Lipinski definition) is 6. The maximum absolute atomic E-state index is 9.97. The molecule has 2 saturated heterocycles. The fourth-order valence-electron chi connectivity index (χ4n) is 3.74. The Labute approximate surface area is 185 Å². The summed E-state index contributed by atoms with van der Waals surface area (Å²) in [6.07, 6.45) is 8.55. The SMILES string of the molecule is CC[N+]1(C)CCCCC1.CC[N+]1(C)CCCCC1.O=S(=O)([O-])CCCCS(=O)(=O)[O-]. The Kier molecular flexibility index (Phi) is 13.9. The Bertz CT molecular complexity index is 595. The van der Waals surface area contributed by atoms with Crippen molar-refractivity contribution in [2.75, 3.05) is 64.9 Å². The zero-order valence-corrected chi connectivity index (χ0v) is 21.1. The standard InChI is InChI=1S/2C8H18N.C4H10O6S2/c2*1-3-9(2)7-5-4-6-8-9;5-11(6,7)3-1-2-4-12(8,9)10/h2*3-8H2,1-2H3;1-4H2,(H,5,6,7)(H,8,9,10)/q2*+1;/p-2. The topological polar surface area (TPSA) is 114 Å². The normalized spacial score (nSPS) is 20.9. The molecule has 2 heterocycles. The van der Waals surface area contributed by atoms with Gasteiger partial charge in [-0.1, -0.05) is 0 Å². The van der Waals surface area contributed by atoms with Crippen LogP contribution in [0.3, 0.4) is 0 Å². The van der Waals surface area contributed by atoms with Gasteiger partial charge >= 0.3 is 0 Å². The summed E-state index contributed by atoms with van der Waals surface area (Å²) in [6, 6.07) is 0. The van der Waals surface area contributed by atoms with Crippen molar-refractivity contribution < 1.29 is 34.9 Å². The third kappa shape index (κ3) is 16.4. The molecule has 0 saturated carbocycles. The molecule has 0 atom stereocenters. The summed E-state index contributed by atoms with van der Waals surface area (Å²) in [4.78, 5) is 0. The molecule has 0 aliphatic carbocycles. The highest BCUT2D eigenvalue weighted by atomic mass is 32.2. The van der Waals surface area contributed by atoms with Crippen molar-refractivity contribution in [2.24, 2.45) is 0 Å². The first-order valence-corrected chi connectivity index (χ1v) is 14.4. The fourth-order valence-corrected chi connectivity index (χ4v) is 4.86. The average Bonchev–Trinajstić information content (AvgIpc) is 2.66. The monoisotopic (exact) mass is 472 g/mol. The van der Waals surface area contributed by atoms with Crippen LogP contribution in [0.1, 0.15) is 65.2 Å². The second-order valence-corrected chi connectivity index (χ2v) is 12.2. The average molecular weight is 473 g/mol. The van der Waals surface area contributed by atoms with Gasteiger partial charge in [-0.25, -0.2) is 16.8 Å². The predicted molar refractivity (Wildman–Crippen MR) is 119 cm³/mol. The van der Waals surface area contributed by atoms with E-state index in [4.69, 9.17) is 0 Å². The number of unbranched alkanes of at least 4 members (excludes halogenated alkanes) is 1. The summed E-state index contributed by atoms with van der Waals surface area (Å²) in [5, 5.41) is 0. The van der Waals surface area contributed by atoms with Crippen molar-refractivity contribution in [3.05, 3.63) is 0 Å². The predicted octanol–water partition coefficient (Wildman–Crippen LogP) is 2.13. The second-order valence-electron chi connectivity index (χ2n) is 9.12. The molecule has 0 spiro atoms. The molecule has 2 aliphatic heterocycles. The van der Waals surface area contributed by atoms with Gasteiger partial charge in [-0.05, 0) is 65.2 Å². The number of hydrogen-bond donors (Lipinski definition) is 0. The van der Waals surface area contributed by atoms with E-state index in [9.17, 15) is 25.9 Å². The second kappa shape index (κ2) is 14.0. The van der Waals surface area contributed by atoms with Gasteiger partial charge in [0.05, 0.1) is 73.6 Å². The van der Waals surface area contributed by atoms with Crippen LogP contribution in [0.4, 0.5) is 0 Å². The molecule has 182 valence electrons. The first-order chi connectivity index (χ1) is 13.7. The van der Waals surface area contributed by atoms with Crippen LogP contribution in [-0.2, 0) is 20.2 Å². The van der Waals surface area contributed by atoms with Crippen LogP contribution in [0.25, 0.3) is 0 Å². The molecular formula is C20H44N2O6S2. The lowest BCUT2D eigenvalue weighted by molar-refractivity contribution is -0.912. The van der Waals surface area contributed by atoms with Crippen LogP contribution >= 0.6 is 0 Å². The molecule has 10 heteroatoms. The van der Waals surface area contributed by atoms with E-state index >= 15 is 0 Å². The summed E-state index contributed by atoms with van der Waals surface area (Å²) in [5.41, 5.74) is 0. The summed E-state index contributed by atoms with van der Waals surface area (Å²) in [5.74, 6) is -1.24. The van der Waals surface area contributed by atoms with Crippen molar-refractivity contribution in [1.29, 1.82) is 0 Å². The molecule has 2 rings (SSSR count). The van der Waals surface area contributed by atoms with Crippen LogP contribution in [0.5, 0.6) is 0 Å². The molecule has 0 aromatic heterocycles. The minimum absolute atomic E-state index is 0.0900. The number of nitrogens with zero attached hydrogens (tertiary/aromatic N) is 2. The van der Waals surface area contributed by atoms with Gasteiger partial charge in [-0.15, -0.1) is 0 Å². The Morgan fingerprint density at radius 3 is 1.03 bits per heavy atom. The lowest BCUT2D eigenvalue weighted by Gasteiger charge is -2.36. The smallest absolute Gasteiger partial charge is 0.0945 e.